The third kappa shape index (κ3) is 4.68. The van der Waals surface area contributed by atoms with Gasteiger partial charge >= 0.3 is 0 Å². The minimum absolute atomic E-state index is 0.167. The normalized spacial score (nSPS) is 15.6. The smallest absolute Gasteiger partial charge is 0.279 e. The maximum Gasteiger partial charge on any atom is 0.279 e. The van der Waals surface area contributed by atoms with Crippen molar-refractivity contribution in [3.63, 3.8) is 0 Å². The Balaban J connectivity index is 1.65. The highest BCUT2D eigenvalue weighted by Crippen LogP contribution is 2.22. The number of ether oxygens (including phenoxy) is 1. The van der Waals surface area contributed by atoms with E-state index in [1.54, 1.807) is 6.07 Å². The maximum atomic E-state index is 13.7. The summed E-state index contributed by atoms with van der Waals surface area (Å²) in [6, 6.07) is 10.3. The number of hydrogen-bond acceptors (Lipinski definition) is 5. The molecule has 1 saturated heterocycles. The molecule has 7 nitrogen and oxygen atoms in total. The van der Waals surface area contributed by atoms with Gasteiger partial charge in [-0.25, -0.2) is 12.8 Å². The van der Waals surface area contributed by atoms with Crippen LogP contribution in [0.25, 0.3) is 10.2 Å². The molecule has 3 aromatic rings. The first-order chi connectivity index (χ1) is 15.4. The highest BCUT2D eigenvalue weighted by atomic mass is 32.2. The molecule has 0 spiro atoms. The van der Waals surface area contributed by atoms with E-state index in [4.69, 9.17) is 4.74 Å². The molecule has 10 heteroatoms. The van der Waals surface area contributed by atoms with Crippen molar-refractivity contribution in [1.82, 2.24) is 8.87 Å². The SMILES string of the molecule is CCOCCn1c(=NC(=O)c2ccc(S(=O)(=O)N3CCCC3)cc2)sc2cc(F)ccc21. The molecule has 32 heavy (non-hydrogen) atoms. The number of sulfonamides is 1. The van der Waals surface area contributed by atoms with Crippen LogP contribution in [0.3, 0.4) is 0 Å². The fraction of sp³-hybridized carbons (Fsp3) is 0.364. The van der Waals surface area contributed by atoms with E-state index in [0.717, 1.165) is 18.4 Å². The number of thiazole rings is 1. The second kappa shape index (κ2) is 9.62. The number of hydrogen-bond donors (Lipinski definition) is 0. The van der Waals surface area contributed by atoms with E-state index in [2.05, 4.69) is 4.99 Å². The van der Waals surface area contributed by atoms with Gasteiger partial charge in [-0.15, -0.1) is 0 Å². The van der Waals surface area contributed by atoms with Crippen molar-refractivity contribution in [2.24, 2.45) is 4.99 Å². The molecule has 0 aliphatic carbocycles. The average Bonchev–Trinajstić information content (AvgIpc) is 3.43. The first-order valence-electron chi connectivity index (χ1n) is 10.5. The monoisotopic (exact) mass is 477 g/mol. The van der Waals surface area contributed by atoms with Gasteiger partial charge in [0, 0.05) is 31.8 Å². The molecule has 1 aliphatic rings. The van der Waals surface area contributed by atoms with Gasteiger partial charge in [0.05, 0.1) is 21.7 Å². The summed E-state index contributed by atoms with van der Waals surface area (Å²) in [5.74, 6) is -0.851. The van der Waals surface area contributed by atoms with Gasteiger partial charge in [0.1, 0.15) is 5.82 Å². The van der Waals surface area contributed by atoms with Crippen LogP contribution in [0, 0.1) is 5.82 Å². The van der Waals surface area contributed by atoms with Gasteiger partial charge in [-0.2, -0.15) is 9.30 Å². The Morgan fingerprint density at radius 3 is 2.56 bits per heavy atom. The summed E-state index contributed by atoms with van der Waals surface area (Å²) in [5, 5.41) is 0. The van der Waals surface area contributed by atoms with Gasteiger partial charge in [0.2, 0.25) is 10.0 Å². The summed E-state index contributed by atoms with van der Waals surface area (Å²) in [5.41, 5.74) is 1.06. The van der Waals surface area contributed by atoms with E-state index in [0.29, 0.717) is 42.3 Å². The molecule has 2 aromatic carbocycles. The Morgan fingerprint density at radius 1 is 1.16 bits per heavy atom. The molecule has 0 bridgehead atoms. The number of carbonyl (C=O) groups excluding carboxylic acids is 1. The molecule has 0 saturated carbocycles. The fourth-order valence-electron chi connectivity index (χ4n) is 3.65. The summed E-state index contributed by atoms with van der Waals surface area (Å²) < 4.78 is 48.4. The molecule has 1 fully saturated rings. The molecule has 2 heterocycles. The van der Waals surface area contributed by atoms with Crippen LogP contribution >= 0.6 is 11.3 Å². The number of amides is 1. The van der Waals surface area contributed by atoms with E-state index >= 15 is 0 Å². The number of aromatic nitrogens is 1. The third-order valence-electron chi connectivity index (χ3n) is 5.31. The number of carbonyl (C=O) groups is 1. The standard InChI is InChI=1S/C22H24FN3O4S2/c1-2-30-14-13-26-19-10-7-17(23)15-20(19)31-22(26)24-21(27)16-5-8-18(9-6-16)32(28,29)25-11-3-4-12-25/h5-10,15H,2-4,11-14H2,1H3. The highest BCUT2D eigenvalue weighted by Gasteiger charge is 2.27. The summed E-state index contributed by atoms with van der Waals surface area (Å²) in [7, 11) is -3.54. The second-order valence-corrected chi connectivity index (χ2v) is 10.3. The fourth-order valence-corrected chi connectivity index (χ4v) is 6.24. The number of halogens is 1. The van der Waals surface area contributed by atoms with Gasteiger partial charge in [-0.3, -0.25) is 4.79 Å². The number of benzene rings is 2. The summed E-state index contributed by atoms with van der Waals surface area (Å²) in [6.07, 6.45) is 1.72. The quantitative estimate of drug-likeness (QED) is 0.489. The van der Waals surface area contributed by atoms with Crippen LogP contribution in [-0.2, 0) is 21.3 Å². The summed E-state index contributed by atoms with van der Waals surface area (Å²) in [4.78, 5) is 17.7. The van der Waals surface area contributed by atoms with Crippen molar-refractivity contribution in [2.75, 3.05) is 26.3 Å². The lowest BCUT2D eigenvalue weighted by atomic mass is 10.2. The van der Waals surface area contributed by atoms with Gasteiger partial charge in [0.15, 0.2) is 4.80 Å². The Bertz CT molecular complexity index is 1290. The topological polar surface area (TPSA) is 81.0 Å². The van der Waals surface area contributed by atoms with Crippen LogP contribution in [0.1, 0.15) is 30.1 Å². The van der Waals surface area contributed by atoms with Crippen molar-refractivity contribution in [3.05, 3.63) is 58.6 Å². The van der Waals surface area contributed by atoms with Crippen LogP contribution in [0.2, 0.25) is 0 Å². The van der Waals surface area contributed by atoms with Crippen molar-refractivity contribution < 1.29 is 22.3 Å². The molecule has 0 atom stereocenters. The van der Waals surface area contributed by atoms with E-state index in [1.165, 1.54) is 52.0 Å². The molecule has 1 aromatic heterocycles. The van der Waals surface area contributed by atoms with Crippen LogP contribution in [0.5, 0.6) is 0 Å². The number of rotatable bonds is 7. The van der Waals surface area contributed by atoms with Crippen molar-refractivity contribution in [2.45, 2.75) is 31.2 Å². The second-order valence-electron chi connectivity index (χ2n) is 7.40. The molecule has 0 radical (unpaired) electrons. The maximum absolute atomic E-state index is 13.7. The minimum atomic E-state index is -3.54. The predicted molar refractivity (Wildman–Crippen MR) is 121 cm³/mol. The van der Waals surface area contributed by atoms with Crippen LogP contribution in [-0.4, -0.2) is 49.5 Å². The number of nitrogens with zero attached hydrogens (tertiary/aromatic N) is 3. The largest absolute Gasteiger partial charge is 0.380 e. The lowest BCUT2D eigenvalue weighted by Crippen LogP contribution is -2.27. The van der Waals surface area contributed by atoms with E-state index in [9.17, 15) is 17.6 Å². The van der Waals surface area contributed by atoms with Gasteiger partial charge in [0.25, 0.3) is 5.91 Å². The lowest BCUT2D eigenvalue weighted by molar-refractivity contribution is 0.0996. The number of fused-ring (bicyclic) bond motifs is 1. The molecule has 1 amide bonds. The molecule has 1 aliphatic heterocycles. The van der Waals surface area contributed by atoms with E-state index in [-0.39, 0.29) is 16.3 Å². The summed E-state index contributed by atoms with van der Waals surface area (Å²) in [6.45, 7) is 4.41. The predicted octanol–water partition coefficient (Wildman–Crippen LogP) is 3.40. The molecule has 170 valence electrons. The molecule has 0 N–H and O–H groups in total. The Morgan fingerprint density at radius 2 is 1.88 bits per heavy atom. The zero-order valence-corrected chi connectivity index (χ0v) is 19.3. The Hall–Kier alpha value is -2.40. The van der Waals surface area contributed by atoms with E-state index in [1.807, 2.05) is 11.5 Å². The summed E-state index contributed by atoms with van der Waals surface area (Å²) >= 11 is 1.22. The zero-order chi connectivity index (χ0) is 22.7. The van der Waals surface area contributed by atoms with Crippen molar-refractivity contribution in [1.29, 1.82) is 0 Å². The first kappa shape index (κ1) is 22.8. The third-order valence-corrected chi connectivity index (χ3v) is 8.26. The van der Waals surface area contributed by atoms with Crippen molar-refractivity contribution >= 4 is 37.5 Å². The highest BCUT2D eigenvalue weighted by molar-refractivity contribution is 7.89. The Kier molecular flexibility index (Phi) is 6.85. The molecular weight excluding hydrogens is 453 g/mol. The van der Waals surface area contributed by atoms with Crippen molar-refractivity contribution in [3.8, 4) is 0 Å². The van der Waals surface area contributed by atoms with E-state index < -0.39 is 15.9 Å². The lowest BCUT2D eigenvalue weighted by Gasteiger charge is -2.15. The van der Waals surface area contributed by atoms with Crippen LogP contribution in [0.15, 0.2) is 52.4 Å². The molecule has 0 unspecified atom stereocenters. The Labute approximate surface area is 189 Å². The first-order valence-corrected chi connectivity index (χ1v) is 12.7. The zero-order valence-electron chi connectivity index (χ0n) is 17.7. The molecule has 4 rings (SSSR count). The average molecular weight is 478 g/mol. The minimum Gasteiger partial charge on any atom is -0.380 e. The van der Waals surface area contributed by atoms with Crippen LogP contribution in [0.4, 0.5) is 4.39 Å². The van der Waals surface area contributed by atoms with Gasteiger partial charge in [-0.05, 0) is 62.2 Å². The van der Waals surface area contributed by atoms with Gasteiger partial charge in [-0.1, -0.05) is 11.3 Å². The molecular formula is C22H24FN3O4S2. The van der Waals surface area contributed by atoms with Crippen LogP contribution < -0.4 is 4.80 Å². The van der Waals surface area contributed by atoms with Gasteiger partial charge < -0.3 is 9.30 Å².